The predicted octanol–water partition coefficient (Wildman–Crippen LogP) is 5.07. The second kappa shape index (κ2) is 8.26. The number of carbonyl (C=O) groups excluding carboxylic acids is 1. The molecule has 0 amide bonds. The number of hydrogen-bond donors (Lipinski definition) is 1. The summed E-state index contributed by atoms with van der Waals surface area (Å²) in [5, 5.41) is 9.94. The molecule has 2 rings (SSSR count). The van der Waals surface area contributed by atoms with E-state index in [2.05, 4.69) is 20.8 Å². The highest BCUT2D eigenvalue weighted by atomic mass is 16.5. The van der Waals surface area contributed by atoms with E-state index in [1.807, 2.05) is 6.08 Å². The fraction of sp³-hybridized carbons (Fsp3) is 0.409. The minimum Gasteiger partial charge on any atom is -0.502 e. The van der Waals surface area contributed by atoms with Crippen molar-refractivity contribution in [2.75, 3.05) is 14.2 Å². The Hall–Kier alpha value is -2.49. The Labute approximate surface area is 155 Å². The average molecular weight is 356 g/mol. The lowest BCUT2D eigenvalue weighted by atomic mass is 9.72. The molecule has 0 atom stereocenters. The van der Waals surface area contributed by atoms with Crippen LogP contribution in [0.15, 0.2) is 41.5 Å². The van der Waals surface area contributed by atoms with Crippen LogP contribution >= 0.6 is 0 Å². The first-order valence-electron chi connectivity index (χ1n) is 8.84. The van der Waals surface area contributed by atoms with Crippen LogP contribution < -0.4 is 9.47 Å². The van der Waals surface area contributed by atoms with Gasteiger partial charge in [0.05, 0.1) is 14.2 Å². The van der Waals surface area contributed by atoms with E-state index >= 15 is 0 Å². The van der Waals surface area contributed by atoms with Gasteiger partial charge in [-0.3, -0.25) is 4.79 Å². The minimum absolute atomic E-state index is 0.0553. The lowest BCUT2D eigenvalue weighted by molar-refractivity contribution is -0.110. The topological polar surface area (TPSA) is 55.8 Å². The van der Waals surface area contributed by atoms with Gasteiger partial charge in [0.2, 0.25) is 5.75 Å². The molecule has 0 bridgehead atoms. The molecule has 0 radical (unpaired) electrons. The van der Waals surface area contributed by atoms with E-state index < -0.39 is 0 Å². The van der Waals surface area contributed by atoms with E-state index in [1.165, 1.54) is 37.9 Å². The molecule has 1 aromatic carbocycles. The van der Waals surface area contributed by atoms with Crippen LogP contribution in [0.25, 0.3) is 6.08 Å². The Morgan fingerprint density at radius 2 is 1.69 bits per heavy atom. The summed E-state index contributed by atoms with van der Waals surface area (Å²) in [6, 6.07) is 3.31. The van der Waals surface area contributed by atoms with E-state index in [-0.39, 0.29) is 16.9 Å². The van der Waals surface area contributed by atoms with Gasteiger partial charge >= 0.3 is 0 Å². The van der Waals surface area contributed by atoms with Gasteiger partial charge in [-0.2, -0.15) is 0 Å². The van der Waals surface area contributed by atoms with E-state index in [4.69, 9.17) is 9.47 Å². The van der Waals surface area contributed by atoms with Crippen LogP contribution in [-0.4, -0.2) is 25.1 Å². The molecule has 0 aliphatic heterocycles. The molecular weight excluding hydrogens is 328 g/mol. The fourth-order valence-corrected chi connectivity index (χ4v) is 3.42. The van der Waals surface area contributed by atoms with E-state index in [0.29, 0.717) is 17.1 Å². The zero-order valence-corrected chi connectivity index (χ0v) is 16.3. The number of ether oxygens (including phenoxy) is 2. The quantitative estimate of drug-likeness (QED) is 0.723. The van der Waals surface area contributed by atoms with Gasteiger partial charge in [-0.05, 0) is 67.0 Å². The number of aromatic hydroxyl groups is 1. The Morgan fingerprint density at radius 3 is 2.23 bits per heavy atom. The van der Waals surface area contributed by atoms with Gasteiger partial charge in [-0.25, -0.2) is 0 Å². The normalized spacial score (nSPS) is 17.1. The summed E-state index contributed by atoms with van der Waals surface area (Å²) >= 11 is 0. The SMILES string of the molecule is COc1cc(/C=C/C(=O)/C=C/C2=C(C)CCCC2(C)C)cc(OC)c1O. The van der Waals surface area contributed by atoms with Crippen molar-refractivity contribution in [3.63, 3.8) is 0 Å². The van der Waals surface area contributed by atoms with Crippen molar-refractivity contribution in [3.8, 4) is 17.2 Å². The van der Waals surface area contributed by atoms with Crippen LogP contribution in [-0.2, 0) is 4.79 Å². The summed E-state index contributed by atoms with van der Waals surface area (Å²) in [6.45, 7) is 6.60. The van der Waals surface area contributed by atoms with Crippen molar-refractivity contribution < 1.29 is 19.4 Å². The smallest absolute Gasteiger partial charge is 0.200 e. The third-order valence-corrected chi connectivity index (χ3v) is 4.90. The zero-order chi connectivity index (χ0) is 19.3. The maximum atomic E-state index is 12.2. The molecule has 140 valence electrons. The number of benzene rings is 1. The number of allylic oxidation sites excluding steroid dienone is 5. The van der Waals surface area contributed by atoms with E-state index in [0.717, 1.165) is 12.8 Å². The lowest BCUT2D eigenvalue weighted by Gasteiger charge is -2.32. The predicted molar refractivity (Wildman–Crippen MR) is 105 cm³/mol. The maximum Gasteiger partial charge on any atom is 0.200 e. The molecule has 1 aliphatic rings. The second-order valence-electron chi connectivity index (χ2n) is 7.27. The van der Waals surface area contributed by atoms with Crippen molar-refractivity contribution >= 4 is 11.9 Å². The van der Waals surface area contributed by atoms with Crippen LogP contribution in [0.3, 0.4) is 0 Å². The largest absolute Gasteiger partial charge is 0.502 e. The summed E-state index contributed by atoms with van der Waals surface area (Å²) in [5.41, 5.74) is 3.45. The lowest BCUT2D eigenvalue weighted by Crippen LogP contribution is -2.19. The maximum absolute atomic E-state index is 12.2. The van der Waals surface area contributed by atoms with Crippen LogP contribution in [0.2, 0.25) is 0 Å². The minimum atomic E-state index is -0.0855. The van der Waals surface area contributed by atoms with Crippen molar-refractivity contribution in [2.45, 2.75) is 40.0 Å². The molecule has 0 saturated carbocycles. The van der Waals surface area contributed by atoms with Gasteiger partial charge in [-0.15, -0.1) is 0 Å². The molecule has 0 aromatic heterocycles. The van der Waals surface area contributed by atoms with E-state index in [9.17, 15) is 9.90 Å². The standard InChI is InChI=1S/C22H28O4/c1-15-7-6-12-22(2,3)18(15)11-10-17(23)9-8-16-13-19(25-4)21(24)20(14-16)26-5/h8-11,13-14,24H,6-7,12H2,1-5H3/b9-8+,11-10+. The van der Waals surface area contributed by atoms with Crippen LogP contribution in [0.1, 0.15) is 45.6 Å². The summed E-state index contributed by atoms with van der Waals surface area (Å²) in [6.07, 6.45) is 10.2. The molecule has 0 unspecified atom stereocenters. The molecule has 0 saturated heterocycles. The molecule has 26 heavy (non-hydrogen) atoms. The van der Waals surface area contributed by atoms with Gasteiger partial charge in [0.15, 0.2) is 17.3 Å². The molecular formula is C22H28O4. The molecule has 0 spiro atoms. The van der Waals surface area contributed by atoms with Crippen molar-refractivity contribution in [1.29, 1.82) is 0 Å². The van der Waals surface area contributed by atoms with Crippen molar-refractivity contribution in [2.24, 2.45) is 5.41 Å². The molecule has 4 nitrogen and oxygen atoms in total. The number of carbonyl (C=O) groups is 1. The molecule has 4 heteroatoms. The van der Waals surface area contributed by atoms with Crippen LogP contribution in [0.5, 0.6) is 17.2 Å². The number of hydrogen-bond acceptors (Lipinski definition) is 4. The Balaban J connectivity index is 2.17. The molecule has 0 heterocycles. The molecule has 0 fully saturated rings. The average Bonchev–Trinajstić information content (AvgIpc) is 2.59. The van der Waals surface area contributed by atoms with Crippen LogP contribution in [0.4, 0.5) is 0 Å². The highest BCUT2D eigenvalue weighted by Gasteiger charge is 2.26. The Morgan fingerprint density at radius 1 is 1.12 bits per heavy atom. The number of rotatable bonds is 6. The van der Waals surface area contributed by atoms with Gasteiger partial charge in [-0.1, -0.05) is 31.6 Å². The summed E-state index contributed by atoms with van der Waals surface area (Å²) in [4.78, 5) is 12.2. The first-order chi connectivity index (χ1) is 12.3. The van der Waals surface area contributed by atoms with Crippen molar-refractivity contribution in [1.82, 2.24) is 0 Å². The summed E-state index contributed by atoms with van der Waals surface area (Å²) < 4.78 is 10.3. The molecule has 1 aliphatic carbocycles. The van der Waals surface area contributed by atoms with Crippen molar-refractivity contribution in [3.05, 3.63) is 47.1 Å². The summed E-state index contributed by atoms with van der Waals surface area (Å²) in [5.74, 6) is 0.464. The third kappa shape index (κ3) is 4.57. The first kappa shape index (κ1) is 19.8. The van der Waals surface area contributed by atoms with Crippen LogP contribution in [0, 0.1) is 5.41 Å². The number of phenols is 1. The van der Waals surface area contributed by atoms with Gasteiger partial charge in [0.25, 0.3) is 0 Å². The third-order valence-electron chi connectivity index (χ3n) is 4.90. The zero-order valence-electron chi connectivity index (χ0n) is 16.3. The molecule has 1 aromatic rings. The van der Waals surface area contributed by atoms with Gasteiger partial charge in [0.1, 0.15) is 0 Å². The number of methoxy groups -OCH3 is 2. The van der Waals surface area contributed by atoms with E-state index in [1.54, 1.807) is 24.3 Å². The highest BCUT2D eigenvalue weighted by Crippen LogP contribution is 2.40. The highest BCUT2D eigenvalue weighted by molar-refractivity contribution is 6.02. The molecule has 1 N–H and O–H groups in total. The Kier molecular flexibility index (Phi) is 6.30. The number of ketones is 1. The monoisotopic (exact) mass is 356 g/mol. The van der Waals surface area contributed by atoms with Gasteiger partial charge < -0.3 is 14.6 Å². The summed E-state index contributed by atoms with van der Waals surface area (Å²) in [7, 11) is 2.94. The van der Waals surface area contributed by atoms with Gasteiger partial charge in [0, 0.05) is 0 Å². The second-order valence-corrected chi connectivity index (χ2v) is 7.27. The first-order valence-corrected chi connectivity index (χ1v) is 8.84. The fourth-order valence-electron chi connectivity index (χ4n) is 3.42. The Bertz CT molecular complexity index is 741. The number of phenolic OH excluding ortho intramolecular Hbond substituents is 1.